The number of aryl methyl sites for hydroxylation is 3. The van der Waals surface area contributed by atoms with Gasteiger partial charge in [-0.15, -0.1) is 0 Å². The zero-order chi connectivity index (χ0) is 23.0. The van der Waals surface area contributed by atoms with E-state index in [2.05, 4.69) is 48.2 Å². The summed E-state index contributed by atoms with van der Waals surface area (Å²) in [5.41, 5.74) is 2.18. The van der Waals surface area contributed by atoms with Gasteiger partial charge in [0.05, 0.1) is 6.33 Å². The van der Waals surface area contributed by atoms with Crippen molar-refractivity contribution in [3.05, 3.63) is 70.6 Å². The molecule has 0 saturated carbocycles. The van der Waals surface area contributed by atoms with Crippen LogP contribution in [0.5, 0.6) is 0 Å². The molecule has 1 aliphatic rings. The van der Waals surface area contributed by atoms with Crippen LogP contribution in [0.2, 0.25) is 0 Å². The second-order valence-corrected chi connectivity index (χ2v) is 9.52. The van der Waals surface area contributed by atoms with Crippen LogP contribution in [0.1, 0.15) is 42.8 Å². The second kappa shape index (κ2) is 11.4. The van der Waals surface area contributed by atoms with E-state index >= 15 is 0 Å². The molecule has 8 heteroatoms. The summed E-state index contributed by atoms with van der Waals surface area (Å²) in [6, 6.07) is 10.4. The number of nitrogens with one attached hydrogen (secondary N) is 1. The third kappa shape index (κ3) is 6.87. The number of hydrogen-bond acceptors (Lipinski definition) is 5. The van der Waals surface area contributed by atoms with Crippen LogP contribution in [0.3, 0.4) is 0 Å². The Bertz CT molecular complexity index is 1040. The summed E-state index contributed by atoms with van der Waals surface area (Å²) in [7, 11) is 0. The first-order valence-corrected chi connectivity index (χ1v) is 12.4. The van der Waals surface area contributed by atoms with E-state index in [9.17, 15) is 4.79 Å². The maximum absolute atomic E-state index is 12.7. The fourth-order valence-corrected chi connectivity index (χ4v) is 4.58. The smallest absolute Gasteiger partial charge is 0.222 e. The molecule has 3 aromatic rings. The molecule has 1 fully saturated rings. The van der Waals surface area contributed by atoms with E-state index in [-0.39, 0.29) is 11.9 Å². The molecular formula is C25H31BrN6O. The molecule has 0 aliphatic carbocycles. The number of imidazole rings is 1. The van der Waals surface area contributed by atoms with Gasteiger partial charge in [0.25, 0.3) is 0 Å². The van der Waals surface area contributed by atoms with Gasteiger partial charge in [0.1, 0.15) is 11.6 Å². The largest absolute Gasteiger partial charge is 0.356 e. The molecular weight excluding hydrogens is 480 g/mol. The van der Waals surface area contributed by atoms with E-state index in [4.69, 9.17) is 4.98 Å². The Balaban J connectivity index is 1.35. The maximum atomic E-state index is 12.7. The molecule has 4 rings (SSSR count). The molecule has 0 radical (unpaired) electrons. The third-order valence-corrected chi connectivity index (χ3v) is 6.56. The van der Waals surface area contributed by atoms with Gasteiger partial charge in [-0.2, -0.15) is 0 Å². The minimum absolute atomic E-state index is 0.107. The summed E-state index contributed by atoms with van der Waals surface area (Å²) >= 11 is 3.46. The summed E-state index contributed by atoms with van der Waals surface area (Å²) in [5, 5.41) is 3.11. The number of carbonyl (C=O) groups excluding carboxylic acids is 1. The first kappa shape index (κ1) is 23.4. The number of anilines is 1. The van der Waals surface area contributed by atoms with Crippen LogP contribution in [-0.4, -0.2) is 44.6 Å². The van der Waals surface area contributed by atoms with Crippen LogP contribution < -0.4 is 10.2 Å². The van der Waals surface area contributed by atoms with E-state index < -0.39 is 0 Å². The van der Waals surface area contributed by atoms with Crippen molar-refractivity contribution < 1.29 is 4.79 Å². The lowest BCUT2D eigenvalue weighted by molar-refractivity contribution is -0.121. The van der Waals surface area contributed by atoms with Crippen molar-refractivity contribution in [1.29, 1.82) is 0 Å². The Kier molecular flexibility index (Phi) is 8.10. The van der Waals surface area contributed by atoms with Gasteiger partial charge in [-0.1, -0.05) is 28.1 Å². The number of rotatable bonds is 9. The molecule has 174 valence electrons. The highest BCUT2D eigenvalue weighted by molar-refractivity contribution is 9.10. The molecule has 1 N–H and O–H groups in total. The van der Waals surface area contributed by atoms with E-state index in [1.807, 2.05) is 42.2 Å². The Labute approximate surface area is 203 Å². The average Bonchev–Trinajstić information content (AvgIpc) is 3.33. The molecule has 0 spiro atoms. The Morgan fingerprint density at radius 3 is 2.82 bits per heavy atom. The SMILES string of the molecule is Cc1cc(N2CCCCC2CC(=O)NCCc2ccc(Br)cc2)nc(CCn2ccnc2)n1. The normalized spacial score (nSPS) is 16.1. The molecule has 1 unspecified atom stereocenters. The summed E-state index contributed by atoms with van der Waals surface area (Å²) in [6.07, 6.45) is 10.9. The van der Waals surface area contributed by atoms with Gasteiger partial charge in [-0.25, -0.2) is 15.0 Å². The van der Waals surface area contributed by atoms with Gasteiger partial charge >= 0.3 is 0 Å². The highest BCUT2D eigenvalue weighted by atomic mass is 79.9. The highest BCUT2D eigenvalue weighted by Crippen LogP contribution is 2.26. The minimum atomic E-state index is 0.107. The van der Waals surface area contributed by atoms with E-state index in [0.717, 1.165) is 67.0 Å². The first-order chi connectivity index (χ1) is 16.1. The van der Waals surface area contributed by atoms with Gasteiger partial charge in [-0.05, 0) is 50.3 Å². The van der Waals surface area contributed by atoms with Crippen LogP contribution in [0.25, 0.3) is 0 Å². The predicted molar refractivity (Wildman–Crippen MR) is 133 cm³/mol. The summed E-state index contributed by atoms with van der Waals surface area (Å²) < 4.78 is 3.10. The van der Waals surface area contributed by atoms with Crippen molar-refractivity contribution >= 4 is 27.7 Å². The zero-order valence-electron chi connectivity index (χ0n) is 19.1. The van der Waals surface area contributed by atoms with Crippen LogP contribution in [0.4, 0.5) is 5.82 Å². The molecule has 1 aliphatic heterocycles. The van der Waals surface area contributed by atoms with Crippen LogP contribution in [0.15, 0.2) is 53.5 Å². The van der Waals surface area contributed by atoms with Crippen LogP contribution >= 0.6 is 15.9 Å². The molecule has 0 bridgehead atoms. The van der Waals surface area contributed by atoms with Gasteiger partial charge < -0.3 is 14.8 Å². The van der Waals surface area contributed by atoms with Gasteiger partial charge in [0, 0.05) is 67.1 Å². The van der Waals surface area contributed by atoms with Gasteiger partial charge in [0.2, 0.25) is 5.91 Å². The standard InChI is InChI=1S/C25H31BrN6O/c1-19-16-24(30-23(29-19)10-14-31-15-12-27-18-31)32-13-3-2-4-22(32)17-25(33)28-11-9-20-5-7-21(26)8-6-20/h5-8,12,15-16,18,22H,2-4,9-11,13-14,17H2,1H3,(H,28,33). The number of nitrogens with zero attached hydrogens (tertiary/aromatic N) is 5. The molecule has 1 saturated heterocycles. The summed E-state index contributed by atoms with van der Waals surface area (Å²) in [6.45, 7) is 4.39. The minimum Gasteiger partial charge on any atom is -0.356 e. The molecule has 33 heavy (non-hydrogen) atoms. The Morgan fingerprint density at radius 1 is 1.18 bits per heavy atom. The first-order valence-electron chi connectivity index (χ1n) is 11.6. The Hall–Kier alpha value is -2.74. The molecule has 1 aromatic carbocycles. The second-order valence-electron chi connectivity index (χ2n) is 8.61. The lowest BCUT2D eigenvalue weighted by Gasteiger charge is -2.36. The highest BCUT2D eigenvalue weighted by Gasteiger charge is 2.26. The lowest BCUT2D eigenvalue weighted by Crippen LogP contribution is -2.43. The quantitative estimate of drug-likeness (QED) is 0.469. The third-order valence-electron chi connectivity index (χ3n) is 6.03. The Morgan fingerprint density at radius 2 is 2.03 bits per heavy atom. The zero-order valence-corrected chi connectivity index (χ0v) is 20.7. The van der Waals surface area contributed by atoms with Crippen molar-refractivity contribution in [3.8, 4) is 0 Å². The molecule has 7 nitrogen and oxygen atoms in total. The molecule has 2 aromatic heterocycles. The average molecular weight is 511 g/mol. The monoisotopic (exact) mass is 510 g/mol. The maximum Gasteiger partial charge on any atom is 0.222 e. The van der Waals surface area contributed by atoms with Crippen LogP contribution in [0, 0.1) is 6.92 Å². The van der Waals surface area contributed by atoms with Gasteiger partial charge in [0.15, 0.2) is 0 Å². The lowest BCUT2D eigenvalue weighted by atomic mass is 9.98. The number of carbonyl (C=O) groups is 1. The van der Waals surface area contributed by atoms with Crippen molar-refractivity contribution in [3.63, 3.8) is 0 Å². The summed E-state index contributed by atoms with van der Waals surface area (Å²) in [5.74, 6) is 1.88. The van der Waals surface area contributed by atoms with Crippen LogP contribution in [-0.2, 0) is 24.2 Å². The summed E-state index contributed by atoms with van der Waals surface area (Å²) in [4.78, 5) is 28.6. The number of benzene rings is 1. The predicted octanol–water partition coefficient (Wildman–Crippen LogP) is 4.09. The number of aromatic nitrogens is 4. The molecule has 1 amide bonds. The number of piperidine rings is 1. The number of hydrogen-bond donors (Lipinski definition) is 1. The fraction of sp³-hybridized carbons (Fsp3) is 0.440. The van der Waals surface area contributed by atoms with E-state index in [0.29, 0.717) is 13.0 Å². The fourth-order valence-electron chi connectivity index (χ4n) is 4.32. The number of halogens is 1. The molecule has 3 heterocycles. The van der Waals surface area contributed by atoms with E-state index in [1.54, 1.807) is 6.20 Å². The van der Waals surface area contributed by atoms with Crippen molar-refractivity contribution in [2.75, 3.05) is 18.0 Å². The van der Waals surface area contributed by atoms with E-state index in [1.165, 1.54) is 5.56 Å². The van der Waals surface area contributed by atoms with Gasteiger partial charge in [-0.3, -0.25) is 4.79 Å². The van der Waals surface area contributed by atoms with Crippen molar-refractivity contribution in [2.24, 2.45) is 0 Å². The molecule has 1 atom stereocenters. The van der Waals surface area contributed by atoms with Crippen molar-refractivity contribution in [2.45, 2.75) is 58.0 Å². The number of amides is 1. The topological polar surface area (TPSA) is 75.9 Å². The van der Waals surface area contributed by atoms with Crippen molar-refractivity contribution in [1.82, 2.24) is 24.8 Å².